The van der Waals surface area contributed by atoms with E-state index in [2.05, 4.69) is 9.97 Å². The summed E-state index contributed by atoms with van der Waals surface area (Å²) in [7, 11) is 0. The number of hydrogen-bond acceptors (Lipinski definition) is 3. The molecule has 0 bridgehead atoms. The highest BCUT2D eigenvalue weighted by atomic mass is 19.1. The zero-order valence-corrected chi connectivity index (χ0v) is 9.94. The van der Waals surface area contributed by atoms with Crippen molar-refractivity contribution in [3.8, 4) is 11.4 Å². The molecule has 0 saturated heterocycles. The lowest BCUT2D eigenvalue weighted by Gasteiger charge is -2.07. The largest absolute Gasteiger partial charge is 0.478 e. The number of hydrogen-bond donors (Lipinski definition) is 1. The third kappa shape index (κ3) is 2.20. The van der Waals surface area contributed by atoms with Crippen LogP contribution in [0.2, 0.25) is 0 Å². The molecule has 1 N–H and O–H groups in total. The van der Waals surface area contributed by atoms with Crippen molar-refractivity contribution in [1.29, 1.82) is 0 Å². The number of carbonyl (C=O) groups is 1. The second-order valence-corrected chi connectivity index (χ2v) is 3.91. The highest BCUT2D eigenvalue weighted by molar-refractivity contribution is 5.90. The average Bonchev–Trinajstić information content (AvgIpc) is 2.27. The second-order valence-electron chi connectivity index (χ2n) is 3.91. The van der Waals surface area contributed by atoms with Gasteiger partial charge in [-0.2, -0.15) is 0 Å². The summed E-state index contributed by atoms with van der Waals surface area (Å²) in [6, 6.07) is 5.88. The Balaban J connectivity index is 2.58. The molecule has 0 saturated carbocycles. The second kappa shape index (κ2) is 4.52. The van der Waals surface area contributed by atoms with Crippen LogP contribution in [0.3, 0.4) is 0 Å². The molecule has 1 aromatic carbocycles. The fourth-order valence-electron chi connectivity index (χ4n) is 1.78. The molecule has 0 spiro atoms. The van der Waals surface area contributed by atoms with Gasteiger partial charge < -0.3 is 5.11 Å². The van der Waals surface area contributed by atoms with Crippen molar-refractivity contribution in [2.24, 2.45) is 0 Å². The van der Waals surface area contributed by atoms with E-state index in [9.17, 15) is 9.18 Å². The van der Waals surface area contributed by atoms with Crippen LogP contribution < -0.4 is 0 Å². The molecule has 4 nitrogen and oxygen atoms in total. The zero-order valence-electron chi connectivity index (χ0n) is 9.94. The Hall–Kier alpha value is -2.30. The average molecular weight is 246 g/mol. The van der Waals surface area contributed by atoms with Gasteiger partial charge in [0.1, 0.15) is 11.4 Å². The summed E-state index contributed by atoms with van der Waals surface area (Å²) in [6.07, 6.45) is 0. The smallest absolute Gasteiger partial charge is 0.339 e. The van der Waals surface area contributed by atoms with E-state index in [1.54, 1.807) is 26.0 Å². The Bertz CT molecular complexity index is 603. The van der Waals surface area contributed by atoms with Gasteiger partial charge in [0.25, 0.3) is 0 Å². The first kappa shape index (κ1) is 12.2. The number of aryl methyl sites for hydroxylation is 2. The SMILES string of the molecule is Cc1nc(-c2cccc(F)c2)nc(C)c1C(=O)O. The van der Waals surface area contributed by atoms with Crippen LogP contribution in [0, 0.1) is 19.7 Å². The van der Waals surface area contributed by atoms with Crippen molar-refractivity contribution in [3.63, 3.8) is 0 Å². The maximum atomic E-state index is 13.1. The molecule has 0 fully saturated rings. The molecule has 0 unspecified atom stereocenters. The van der Waals surface area contributed by atoms with Crippen molar-refractivity contribution in [1.82, 2.24) is 9.97 Å². The van der Waals surface area contributed by atoms with Crippen LogP contribution in [-0.4, -0.2) is 21.0 Å². The maximum absolute atomic E-state index is 13.1. The first-order valence-corrected chi connectivity index (χ1v) is 5.33. The molecule has 1 heterocycles. The number of benzene rings is 1. The number of nitrogens with zero attached hydrogens (tertiary/aromatic N) is 2. The molecule has 0 radical (unpaired) electrons. The summed E-state index contributed by atoms with van der Waals surface area (Å²) in [6.45, 7) is 3.20. The number of carboxylic acid groups (broad SMARTS) is 1. The van der Waals surface area contributed by atoms with Crippen molar-refractivity contribution in [2.75, 3.05) is 0 Å². The summed E-state index contributed by atoms with van der Waals surface area (Å²) in [5.41, 5.74) is 1.36. The molecular weight excluding hydrogens is 235 g/mol. The van der Waals surface area contributed by atoms with Crippen molar-refractivity contribution >= 4 is 5.97 Å². The van der Waals surface area contributed by atoms with Crippen molar-refractivity contribution in [2.45, 2.75) is 13.8 Å². The van der Waals surface area contributed by atoms with E-state index >= 15 is 0 Å². The molecule has 2 rings (SSSR count). The van der Waals surface area contributed by atoms with Gasteiger partial charge in [0.05, 0.1) is 11.4 Å². The first-order chi connectivity index (χ1) is 8.49. The van der Waals surface area contributed by atoms with Gasteiger partial charge in [-0.1, -0.05) is 12.1 Å². The summed E-state index contributed by atoms with van der Waals surface area (Å²) in [4.78, 5) is 19.2. The van der Waals surface area contributed by atoms with Crippen LogP contribution in [0.25, 0.3) is 11.4 Å². The third-order valence-corrected chi connectivity index (χ3v) is 2.57. The topological polar surface area (TPSA) is 63.1 Å². The summed E-state index contributed by atoms with van der Waals surface area (Å²) in [5.74, 6) is -1.11. The summed E-state index contributed by atoms with van der Waals surface area (Å²) in [5, 5.41) is 9.01. The molecule has 18 heavy (non-hydrogen) atoms. The Morgan fingerprint density at radius 3 is 2.33 bits per heavy atom. The fraction of sp³-hybridized carbons (Fsp3) is 0.154. The predicted molar refractivity (Wildman–Crippen MR) is 63.9 cm³/mol. The minimum Gasteiger partial charge on any atom is -0.478 e. The van der Waals surface area contributed by atoms with Gasteiger partial charge in [0, 0.05) is 5.56 Å². The molecule has 1 aromatic heterocycles. The minimum atomic E-state index is -1.06. The van der Waals surface area contributed by atoms with Crippen LogP contribution in [0.5, 0.6) is 0 Å². The Labute approximate surface area is 103 Å². The third-order valence-electron chi connectivity index (χ3n) is 2.57. The Morgan fingerprint density at radius 2 is 1.83 bits per heavy atom. The van der Waals surface area contributed by atoms with E-state index in [4.69, 9.17) is 5.11 Å². The van der Waals surface area contributed by atoms with Gasteiger partial charge in [-0.15, -0.1) is 0 Å². The molecule has 5 heteroatoms. The van der Waals surface area contributed by atoms with Crippen LogP contribution in [0.1, 0.15) is 21.7 Å². The zero-order chi connectivity index (χ0) is 13.3. The first-order valence-electron chi connectivity index (χ1n) is 5.33. The number of aromatic nitrogens is 2. The van der Waals surface area contributed by atoms with E-state index in [1.807, 2.05) is 0 Å². The number of aromatic carboxylic acids is 1. The van der Waals surface area contributed by atoms with E-state index in [-0.39, 0.29) is 11.4 Å². The van der Waals surface area contributed by atoms with E-state index in [1.165, 1.54) is 12.1 Å². The maximum Gasteiger partial charge on any atom is 0.339 e. The Kier molecular flexibility index (Phi) is 3.06. The fourth-order valence-corrected chi connectivity index (χ4v) is 1.78. The monoisotopic (exact) mass is 246 g/mol. The highest BCUT2D eigenvalue weighted by Crippen LogP contribution is 2.19. The van der Waals surface area contributed by atoms with Gasteiger partial charge in [0.15, 0.2) is 5.82 Å². The van der Waals surface area contributed by atoms with Gasteiger partial charge in [-0.25, -0.2) is 19.2 Å². The quantitative estimate of drug-likeness (QED) is 0.884. The van der Waals surface area contributed by atoms with Gasteiger partial charge in [0.2, 0.25) is 0 Å². The summed E-state index contributed by atoms with van der Waals surface area (Å²) < 4.78 is 13.1. The van der Waals surface area contributed by atoms with Crippen molar-refractivity contribution in [3.05, 3.63) is 47.0 Å². The number of halogens is 1. The summed E-state index contributed by atoms with van der Waals surface area (Å²) >= 11 is 0. The lowest BCUT2D eigenvalue weighted by atomic mass is 10.1. The predicted octanol–water partition coefficient (Wildman–Crippen LogP) is 2.60. The number of carboxylic acids is 1. The molecular formula is C13H11FN2O2. The molecule has 2 aromatic rings. The molecule has 0 atom stereocenters. The molecule has 0 aliphatic heterocycles. The Morgan fingerprint density at radius 1 is 1.22 bits per heavy atom. The van der Waals surface area contributed by atoms with E-state index in [0.717, 1.165) is 0 Å². The van der Waals surface area contributed by atoms with E-state index in [0.29, 0.717) is 22.8 Å². The molecule has 0 aliphatic rings. The van der Waals surface area contributed by atoms with E-state index < -0.39 is 5.97 Å². The van der Waals surface area contributed by atoms with Crippen molar-refractivity contribution < 1.29 is 14.3 Å². The minimum absolute atomic E-state index is 0.0927. The van der Waals surface area contributed by atoms with Gasteiger partial charge >= 0.3 is 5.97 Å². The van der Waals surface area contributed by atoms with Crippen LogP contribution in [-0.2, 0) is 0 Å². The molecule has 92 valence electrons. The lowest BCUT2D eigenvalue weighted by molar-refractivity contribution is 0.0694. The van der Waals surface area contributed by atoms with Gasteiger partial charge in [-0.3, -0.25) is 0 Å². The standard InChI is InChI=1S/C13H11FN2O2/c1-7-11(13(17)18)8(2)16-12(15-7)9-4-3-5-10(14)6-9/h3-6H,1-2H3,(H,17,18). The van der Waals surface area contributed by atoms with Crippen LogP contribution >= 0.6 is 0 Å². The normalized spacial score (nSPS) is 10.4. The number of rotatable bonds is 2. The molecule has 0 amide bonds. The highest BCUT2D eigenvalue weighted by Gasteiger charge is 2.15. The lowest BCUT2D eigenvalue weighted by Crippen LogP contribution is -2.08. The molecule has 0 aliphatic carbocycles. The van der Waals surface area contributed by atoms with Crippen LogP contribution in [0.4, 0.5) is 4.39 Å². The van der Waals surface area contributed by atoms with Gasteiger partial charge in [-0.05, 0) is 26.0 Å². The van der Waals surface area contributed by atoms with Crippen LogP contribution in [0.15, 0.2) is 24.3 Å².